The second kappa shape index (κ2) is 7.15. The first-order chi connectivity index (χ1) is 10.1. The number of benzene rings is 1. The third-order valence-electron chi connectivity index (χ3n) is 3.18. The Labute approximate surface area is 130 Å². The van der Waals surface area contributed by atoms with E-state index in [0.29, 0.717) is 10.7 Å². The van der Waals surface area contributed by atoms with E-state index in [2.05, 4.69) is 16.9 Å². The summed E-state index contributed by atoms with van der Waals surface area (Å²) in [5, 5.41) is 0. The first kappa shape index (κ1) is 15.4. The van der Waals surface area contributed by atoms with Crippen LogP contribution in [-0.4, -0.2) is 29.0 Å². The average molecular weight is 301 g/mol. The van der Waals surface area contributed by atoms with Gasteiger partial charge in [0.05, 0.1) is 12.7 Å². The number of hydrogen-bond acceptors (Lipinski definition) is 4. The highest BCUT2D eigenvalue weighted by atomic mass is 32.1. The van der Waals surface area contributed by atoms with Crippen molar-refractivity contribution in [2.45, 2.75) is 13.1 Å². The minimum absolute atomic E-state index is 0.352. The van der Waals surface area contributed by atoms with E-state index >= 15 is 0 Å². The maximum atomic E-state index is 5.74. The third-order valence-corrected chi connectivity index (χ3v) is 3.40. The summed E-state index contributed by atoms with van der Waals surface area (Å²) in [6, 6.07) is 9.97. The molecule has 1 aromatic heterocycles. The van der Waals surface area contributed by atoms with Gasteiger partial charge in [-0.2, -0.15) is 0 Å². The molecule has 1 heterocycles. The Balaban J connectivity index is 2.09. The Bertz CT molecular complexity index is 616. The van der Waals surface area contributed by atoms with Gasteiger partial charge in [-0.3, -0.25) is 9.88 Å². The van der Waals surface area contributed by atoms with Crippen molar-refractivity contribution in [2.24, 2.45) is 5.73 Å². The van der Waals surface area contributed by atoms with Gasteiger partial charge in [-0.1, -0.05) is 18.3 Å². The fourth-order valence-electron chi connectivity index (χ4n) is 2.21. The lowest BCUT2D eigenvalue weighted by Gasteiger charge is -2.18. The zero-order valence-electron chi connectivity index (χ0n) is 12.2. The predicted molar refractivity (Wildman–Crippen MR) is 88.3 cm³/mol. The molecule has 0 amide bonds. The van der Waals surface area contributed by atoms with Crippen LogP contribution in [0.5, 0.6) is 5.75 Å². The second-order valence-electron chi connectivity index (χ2n) is 4.93. The standard InChI is InChI=1S/C16H19N3OS/c1-19(10-12-5-7-18-8-6-12)11-13-3-4-15(20-2)14(9-13)16(17)21/h3-9H,10-11H2,1-2H3,(H2,17,21). The highest BCUT2D eigenvalue weighted by Crippen LogP contribution is 2.20. The van der Waals surface area contributed by atoms with Crippen LogP contribution in [0.15, 0.2) is 42.7 Å². The third kappa shape index (κ3) is 4.24. The van der Waals surface area contributed by atoms with Crippen molar-refractivity contribution in [1.29, 1.82) is 0 Å². The van der Waals surface area contributed by atoms with Crippen LogP contribution in [0.1, 0.15) is 16.7 Å². The van der Waals surface area contributed by atoms with Crippen LogP contribution >= 0.6 is 12.2 Å². The summed E-state index contributed by atoms with van der Waals surface area (Å²) in [6.45, 7) is 1.67. The van der Waals surface area contributed by atoms with Gasteiger partial charge in [0.2, 0.25) is 0 Å². The normalized spacial score (nSPS) is 10.6. The number of aromatic nitrogens is 1. The van der Waals surface area contributed by atoms with E-state index in [1.165, 1.54) is 5.56 Å². The molecular formula is C16H19N3OS. The van der Waals surface area contributed by atoms with Crippen LogP contribution in [0, 0.1) is 0 Å². The lowest BCUT2D eigenvalue weighted by atomic mass is 10.1. The Morgan fingerprint density at radius 3 is 2.48 bits per heavy atom. The number of rotatable bonds is 6. The van der Waals surface area contributed by atoms with E-state index in [-0.39, 0.29) is 0 Å². The van der Waals surface area contributed by atoms with E-state index in [0.717, 1.165) is 24.2 Å². The number of nitrogens with zero attached hydrogens (tertiary/aromatic N) is 2. The van der Waals surface area contributed by atoms with Gasteiger partial charge in [-0.25, -0.2) is 0 Å². The van der Waals surface area contributed by atoms with E-state index in [9.17, 15) is 0 Å². The van der Waals surface area contributed by atoms with Gasteiger partial charge in [-0.15, -0.1) is 0 Å². The molecule has 21 heavy (non-hydrogen) atoms. The molecule has 2 rings (SSSR count). The molecule has 0 spiro atoms. The SMILES string of the molecule is COc1ccc(CN(C)Cc2ccncc2)cc1C(N)=S. The molecule has 2 aromatic rings. The Kier molecular flexibility index (Phi) is 5.25. The van der Waals surface area contributed by atoms with E-state index in [1.54, 1.807) is 7.11 Å². The van der Waals surface area contributed by atoms with Crippen LogP contribution in [-0.2, 0) is 13.1 Å². The summed E-state index contributed by atoms with van der Waals surface area (Å²) in [5.74, 6) is 0.711. The lowest BCUT2D eigenvalue weighted by molar-refractivity contribution is 0.318. The molecule has 2 N–H and O–H groups in total. The van der Waals surface area contributed by atoms with Crippen molar-refractivity contribution in [3.8, 4) is 5.75 Å². The summed E-state index contributed by atoms with van der Waals surface area (Å²) in [4.78, 5) is 6.60. The monoisotopic (exact) mass is 301 g/mol. The quantitative estimate of drug-likeness (QED) is 0.830. The predicted octanol–water partition coefficient (Wildman–Crippen LogP) is 2.36. The molecule has 0 unspecified atom stereocenters. The zero-order valence-corrected chi connectivity index (χ0v) is 13.1. The number of thiocarbonyl (C=S) groups is 1. The van der Waals surface area contributed by atoms with E-state index in [1.807, 2.05) is 42.7 Å². The molecule has 0 saturated carbocycles. The maximum absolute atomic E-state index is 5.74. The van der Waals surface area contributed by atoms with Crippen molar-refractivity contribution in [1.82, 2.24) is 9.88 Å². The topological polar surface area (TPSA) is 51.4 Å². The van der Waals surface area contributed by atoms with E-state index in [4.69, 9.17) is 22.7 Å². The molecule has 0 atom stereocenters. The number of methoxy groups -OCH3 is 1. The van der Waals surface area contributed by atoms with Crippen molar-refractivity contribution in [3.63, 3.8) is 0 Å². The van der Waals surface area contributed by atoms with Crippen molar-refractivity contribution < 1.29 is 4.74 Å². The molecule has 0 aliphatic rings. The van der Waals surface area contributed by atoms with Gasteiger partial charge in [0.15, 0.2) is 0 Å². The number of hydrogen-bond donors (Lipinski definition) is 1. The molecular weight excluding hydrogens is 282 g/mol. The molecule has 0 saturated heterocycles. The van der Waals surface area contributed by atoms with Crippen molar-refractivity contribution >= 4 is 17.2 Å². The van der Waals surface area contributed by atoms with Gasteiger partial charge in [0.25, 0.3) is 0 Å². The molecule has 0 bridgehead atoms. The summed E-state index contributed by atoms with van der Waals surface area (Å²) < 4.78 is 5.27. The van der Waals surface area contributed by atoms with Crippen LogP contribution in [0.4, 0.5) is 0 Å². The highest BCUT2D eigenvalue weighted by molar-refractivity contribution is 7.80. The minimum atomic E-state index is 0.352. The van der Waals surface area contributed by atoms with E-state index < -0.39 is 0 Å². The number of pyridine rings is 1. The first-order valence-corrected chi connectivity index (χ1v) is 7.05. The summed E-state index contributed by atoms with van der Waals surface area (Å²) in [5.41, 5.74) is 8.90. The minimum Gasteiger partial charge on any atom is -0.496 e. The Morgan fingerprint density at radius 1 is 1.19 bits per heavy atom. The van der Waals surface area contributed by atoms with Crippen LogP contribution in [0.2, 0.25) is 0 Å². The molecule has 1 aromatic carbocycles. The highest BCUT2D eigenvalue weighted by Gasteiger charge is 2.08. The molecule has 4 nitrogen and oxygen atoms in total. The van der Waals surface area contributed by atoms with Crippen molar-refractivity contribution in [2.75, 3.05) is 14.2 Å². The Morgan fingerprint density at radius 2 is 1.86 bits per heavy atom. The Hall–Kier alpha value is -1.98. The van der Waals surface area contributed by atoms with Crippen LogP contribution in [0.3, 0.4) is 0 Å². The number of nitrogens with two attached hydrogens (primary N) is 1. The van der Waals surface area contributed by atoms with Gasteiger partial charge < -0.3 is 10.5 Å². The first-order valence-electron chi connectivity index (χ1n) is 6.64. The smallest absolute Gasteiger partial charge is 0.129 e. The fourth-order valence-corrected chi connectivity index (χ4v) is 2.37. The second-order valence-corrected chi connectivity index (χ2v) is 5.37. The molecule has 0 radical (unpaired) electrons. The van der Waals surface area contributed by atoms with Gasteiger partial charge in [-0.05, 0) is 42.4 Å². The molecule has 0 aliphatic carbocycles. The lowest BCUT2D eigenvalue weighted by Crippen LogP contribution is -2.18. The number of ether oxygens (including phenoxy) is 1. The molecule has 0 aliphatic heterocycles. The maximum Gasteiger partial charge on any atom is 0.129 e. The zero-order chi connectivity index (χ0) is 15.2. The summed E-state index contributed by atoms with van der Waals surface area (Å²) >= 11 is 5.07. The van der Waals surface area contributed by atoms with Gasteiger partial charge in [0, 0.05) is 25.5 Å². The molecule has 110 valence electrons. The largest absolute Gasteiger partial charge is 0.496 e. The van der Waals surface area contributed by atoms with Gasteiger partial charge in [0.1, 0.15) is 10.7 Å². The average Bonchev–Trinajstić information content (AvgIpc) is 2.48. The summed E-state index contributed by atoms with van der Waals surface area (Å²) in [6.07, 6.45) is 3.61. The summed E-state index contributed by atoms with van der Waals surface area (Å²) in [7, 11) is 3.69. The van der Waals surface area contributed by atoms with Crippen LogP contribution < -0.4 is 10.5 Å². The van der Waals surface area contributed by atoms with Crippen LogP contribution in [0.25, 0.3) is 0 Å². The fraction of sp³-hybridized carbons (Fsp3) is 0.250. The van der Waals surface area contributed by atoms with Crippen molar-refractivity contribution in [3.05, 3.63) is 59.4 Å². The van der Waals surface area contributed by atoms with Gasteiger partial charge >= 0.3 is 0 Å². The molecule has 0 fully saturated rings. The molecule has 5 heteroatoms.